The smallest absolute Gasteiger partial charge is 0.241 e. The Balaban J connectivity index is 1.75. The van der Waals surface area contributed by atoms with Gasteiger partial charge in [0.25, 0.3) is 0 Å². The Morgan fingerprint density at radius 3 is 2.45 bits per heavy atom. The summed E-state index contributed by atoms with van der Waals surface area (Å²) in [6, 6.07) is 7.33. The largest absolute Gasteiger partial charge is 0.497 e. The number of benzene rings is 1. The SMILES string of the molecule is COc1ccc(CC(=O)NCC(=O)N2CCCC2)cc1. The van der Waals surface area contributed by atoms with E-state index in [-0.39, 0.29) is 24.8 Å². The van der Waals surface area contributed by atoms with E-state index in [1.54, 1.807) is 12.0 Å². The summed E-state index contributed by atoms with van der Waals surface area (Å²) in [4.78, 5) is 25.4. The third kappa shape index (κ3) is 3.98. The van der Waals surface area contributed by atoms with Gasteiger partial charge in [0, 0.05) is 13.1 Å². The molecular weight excluding hydrogens is 256 g/mol. The van der Waals surface area contributed by atoms with E-state index in [1.165, 1.54) is 0 Å². The van der Waals surface area contributed by atoms with Crippen LogP contribution >= 0.6 is 0 Å². The van der Waals surface area contributed by atoms with Gasteiger partial charge >= 0.3 is 0 Å². The molecule has 0 saturated carbocycles. The maximum atomic E-state index is 11.8. The fraction of sp³-hybridized carbons (Fsp3) is 0.467. The fourth-order valence-electron chi connectivity index (χ4n) is 2.24. The summed E-state index contributed by atoms with van der Waals surface area (Å²) >= 11 is 0. The standard InChI is InChI=1S/C15H20N2O3/c1-20-13-6-4-12(5-7-13)10-14(18)16-11-15(19)17-8-2-3-9-17/h4-7H,2-3,8-11H2,1H3,(H,16,18). The van der Waals surface area contributed by atoms with E-state index in [0.29, 0.717) is 0 Å². The van der Waals surface area contributed by atoms with E-state index in [0.717, 1.165) is 37.2 Å². The average molecular weight is 276 g/mol. The number of rotatable bonds is 5. The van der Waals surface area contributed by atoms with Crippen LogP contribution in [-0.4, -0.2) is 43.5 Å². The number of amides is 2. The molecule has 5 heteroatoms. The summed E-state index contributed by atoms with van der Waals surface area (Å²) in [5.74, 6) is 0.631. The molecule has 108 valence electrons. The molecule has 1 aliphatic rings. The Hall–Kier alpha value is -2.04. The molecule has 1 heterocycles. The van der Waals surface area contributed by atoms with Crippen molar-refractivity contribution in [2.45, 2.75) is 19.3 Å². The first-order valence-corrected chi connectivity index (χ1v) is 6.86. The Kier molecular flexibility index (Phi) is 4.98. The normalized spacial score (nSPS) is 14.2. The minimum absolute atomic E-state index is 0.00517. The van der Waals surface area contributed by atoms with Crippen molar-refractivity contribution in [1.82, 2.24) is 10.2 Å². The van der Waals surface area contributed by atoms with Crippen molar-refractivity contribution in [3.8, 4) is 5.75 Å². The predicted octanol–water partition coefficient (Wildman–Crippen LogP) is 0.976. The summed E-state index contributed by atoms with van der Waals surface area (Å²) in [6.45, 7) is 1.72. The number of hydrogen-bond acceptors (Lipinski definition) is 3. The van der Waals surface area contributed by atoms with Crippen molar-refractivity contribution >= 4 is 11.8 Å². The molecule has 0 unspecified atom stereocenters. The third-order valence-corrected chi connectivity index (χ3v) is 3.42. The van der Waals surface area contributed by atoms with Crippen LogP contribution in [0.3, 0.4) is 0 Å². The number of hydrogen-bond donors (Lipinski definition) is 1. The van der Waals surface area contributed by atoms with Gasteiger partial charge < -0.3 is 15.0 Å². The van der Waals surface area contributed by atoms with Gasteiger partial charge in [-0.15, -0.1) is 0 Å². The Morgan fingerprint density at radius 2 is 1.85 bits per heavy atom. The maximum absolute atomic E-state index is 11.8. The second-order valence-corrected chi connectivity index (χ2v) is 4.89. The van der Waals surface area contributed by atoms with Gasteiger partial charge in [-0.2, -0.15) is 0 Å². The van der Waals surface area contributed by atoms with Crippen LogP contribution in [0.25, 0.3) is 0 Å². The second-order valence-electron chi connectivity index (χ2n) is 4.89. The van der Waals surface area contributed by atoms with E-state index >= 15 is 0 Å². The zero-order chi connectivity index (χ0) is 14.4. The molecule has 1 N–H and O–H groups in total. The van der Waals surface area contributed by atoms with Crippen LogP contribution in [0.2, 0.25) is 0 Å². The fourth-order valence-corrected chi connectivity index (χ4v) is 2.24. The van der Waals surface area contributed by atoms with E-state index in [4.69, 9.17) is 4.74 Å². The van der Waals surface area contributed by atoms with Crippen LogP contribution in [0, 0.1) is 0 Å². The van der Waals surface area contributed by atoms with Crippen molar-refractivity contribution in [1.29, 1.82) is 0 Å². The number of methoxy groups -OCH3 is 1. The molecule has 20 heavy (non-hydrogen) atoms. The van der Waals surface area contributed by atoms with E-state index in [1.807, 2.05) is 24.3 Å². The third-order valence-electron chi connectivity index (χ3n) is 3.42. The van der Waals surface area contributed by atoms with Crippen LogP contribution in [-0.2, 0) is 16.0 Å². The van der Waals surface area contributed by atoms with Crippen LogP contribution in [0.4, 0.5) is 0 Å². The van der Waals surface area contributed by atoms with Crippen molar-refractivity contribution in [2.75, 3.05) is 26.7 Å². The van der Waals surface area contributed by atoms with Crippen molar-refractivity contribution in [3.63, 3.8) is 0 Å². The molecule has 1 saturated heterocycles. The first kappa shape index (κ1) is 14.4. The van der Waals surface area contributed by atoms with Crippen molar-refractivity contribution in [2.24, 2.45) is 0 Å². The summed E-state index contributed by atoms with van der Waals surface area (Å²) in [6.07, 6.45) is 2.40. The number of carbonyl (C=O) groups excluding carboxylic acids is 2. The predicted molar refractivity (Wildman–Crippen MR) is 75.5 cm³/mol. The molecule has 0 bridgehead atoms. The monoisotopic (exact) mass is 276 g/mol. The quantitative estimate of drug-likeness (QED) is 0.872. The van der Waals surface area contributed by atoms with Gasteiger partial charge in [-0.05, 0) is 30.5 Å². The van der Waals surface area contributed by atoms with Crippen LogP contribution in [0.15, 0.2) is 24.3 Å². The van der Waals surface area contributed by atoms with Gasteiger partial charge in [0.1, 0.15) is 5.75 Å². The molecule has 2 amide bonds. The highest BCUT2D eigenvalue weighted by Crippen LogP contribution is 2.11. The molecule has 2 rings (SSSR count). The minimum Gasteiger partial charge on any atom is -0.497 e. The van der Waals surface area contributed by atoms with E-state index in [9.17, 15) is 9.59 Å². The van der Waals surface area contributed by atoms with Crippen LogP contribution in [0.1, 0.15) is 18.4 Å². The van der Waals surface area contributed by atoms with Crippen LogP contribution < -0.4 is 10.1 Å². The highest BCUT2D eigenvalue weighted by Gasteiger charge is 2.18. The molecule has 0 aromatic heterocycles. The van der Waals surface area contributed by atoms with Gasteiger partial charge in [0.05, 0.1) is 20.1 Å². The minimum atomic E-state index is -0.136. The highest BCUT2D eigenvalue weighted by atomic mass is 16.5. The lowest BCUT2D eigenvalue weighted by molar-refractivity contribution is -0.131. The lowest BCUT2D eigenvalue weighted by atomic mass is 10.1. The van der Waals surface area contributed by atoms with E-state index in [2.05, 4.69) is 5.32 Å². The van der Waals surface area contributed by atoms with Gasteiger partial charge in [-0.3, -0.25) is 9.59 Å². The molecular formula is C15H20N2O3. The summed E-state index contributed by atoms with van der Waals surface area (Å²) < 4.78 is 5.06. The molecule has 0 atom stereocenters. The number of likely N-dealkylation sites (tertiary alicyclic amines) is 1. The molecule has 0 radical (unpaired) electrons. The van der Waals surface area contributed by atoms with Gasteiger partial charge in [-0.25, -0.2) is 0 Å². The molecule has 5 nitrogen and oxygen atoms in total. The average Bonchev–Trinajstić information content (AvgIpc) is 3.00. The molecule has 1 aromatic rings. The number of ether oxygens (including phenoxy) is 1. The molecule has 1 aliphatic heterocycles. The zero-order valence-electron chi connectivity index (χ0n) is 11.7. The summed E-state index contributed by atoms with van der Waals surface area (Å²) in [5, 5.41) is 2.68. The maximum Gasteiger partial charge on any atom is 0.241 e. The van der Waals surface area contributed by atoms with Crippen LogP contribution in [0.5, 0.6) is 5.75 Å². The summed E-state index contributed by atoms with van der Waals surface area (Å²) in [7, 11) is 1.60. The second kappa shape index (κ2) is 6.93. The lowest BCUT2D eigenvalue weighted by Gasteiger charge is -2.15. The van der Waals surface area contributed by atoms with Gasteiger partial charge in [0.15, 0.2) is 0 Å². The topological polar surface area (TPSA) is 58.6 Å². The van der Waals surface area contributed by atoms with Crippen molar-refractivity contribution < 1.29 is 14.3 Å². The number of nitrogens with one attached hydrogen (secondary N) is 1. The Morgan fingerprint density at radius 1 is 1.20 bits per heavy atom. The number of carbonyl (C=O) groups is 2. The molecule has 1 aromatic carbocycles. The zero-order valence-corrected chi connectivity index (χ0v) is 11.7. The Bertz CT molecular complexity index is 465. The van der Waals surface area contributed by atoms with Gasteiger partial charge in [-0.1, -0.05) is 12.1 Å². The molecule has 1 fully saturated rings. The molecule has 0 aliphatic carbocycles. The van der Waals surface area contributed by atoms with Crippen molar-refractivity contribution in [3.05, 3.63) is 29.8 Å². The summed E-state index contributed by atoms with van der Waals surface area (Å²) in [5.41, 5.74) is 0.900. The Labute approximate surface area is 118 Å². The van der Waals surface area contributed by atoms with Gasteiger partial charge in [0.2, 0.25) is 11.8 Å². The number of nitrogens with zero attached hydrogens (tertiary/aromatic N) is 1. The lowest BCUT2D eigenvalue weighted by Crippen LogP contribution is -2.39. The molecule has 0 spiro atoms. The first-order valence-electron chi connectivity index (χ1n) is 6.86. The first-order chi connectivity index (χ1) is 9.69. The highest BCUT2D eigenvalue weighted by molar-refractivity contribution is 5.85. The van der Waals surface area contributed by atoms with E-state index < -0.39 is 0 Å².